The zero-order valence-electron chi connectivity index (χ0n) is 32.7. The average molecular weight is 767 g/mol. The van der Waals surface area contributed by atoms with Gasteiger partial charge in [-0.3, -0.25) is 9.59 Å². The summed E-state index contributed by atoms with van der Waals surface area (Å²) in [5, 5.41) is 1.91. The molecule has 4 heterocycles. The van der Waals surface area contributed by atoms with Crippen molar-refractivity contribution in [2.75, 3.05) is 47.1 Å². The van der Waals surface area contributed by atoms with Crippen molar-refractivity contribution in [2.24, 2.45) is 0 Å². The molecule has 0 radical (unpaired) electrons. The Morgan fingerprint density at radius 3 is 1.93 bits per heavy atom. The van der Waals surface area contributed by atoms with E-state index in [0.717, 1.165) is 65.8 Å². The molecule has 0 spiro atoms. The summed E-state index contributed by atoms with van der Waals surface area (Å²) in [6.45, 7) is 10.2. The highest BCUT2D eigenvalue weighted by atomic mass is 16.6. The van der Waals surface area contributed by atoms with E-state index in [1.54, 1.807) is 32.4 Å². The van der Waals surface area contributed by atoms with Crippen molar-refractivity contribution in [3.05, 3.63) is 105 Å². The lowest BCUT2D eigenvalue weighted by Crippen LogP contribution is -2.49. The number of carbonyl (C=O) groups is 2. The van der Waals surface area contributed by atoms with Gasteiger partial charge < -0.3 is 47.4 Å². The standard InChI is InChI=1S/C31H39N3O6.C12H11NO3/c1-31(2,3)40-30(36)34(21-22-5-9-27-28(19-22)39-18-17-38-27)24-11-13-32(14-12-24)15-16-33-26-20-25(37-4)8-6-23(26)7-10-29(33)35;1-16-10-4-2-9-3-5-12(15)13(6-7-14)11(9)8-10/h5-10,19-20,24H,11-18,21H2,1-4H3;2-5,7-8H,6H2,1H3. The predicted octanol–water partition coefficient (Wildman–Crippen LogP) is 5.89. The Morgan fingerprint density at radius 1 is 0.768 bits per heavy atom. The number of ether oxygens (including phenoxy) is 5. The van der Waals surface area contributed by atoms with E-state index in [1.165, 1.54) is 10.6 Å². The first kappa shape index (κ1) is 39.9. The lowest BCUT2D eigenvalue weighted by atomic mass is 10.0. The fraction of sp³-hybridized carbons (Fsp3) is 0.395. The Bertz CT molecular complexity index is 2290. The second kappa shape index (κ2) is 17.8. The van der Waals surface area contributed by atoms with E-state index in [2.05, 4.69) is 4.90 Å². The summed E-state index contributed by atoms with van der Waals surface area (Å²) in [4.78, 5) is 52.4. The topological polar surface area (TPSA) is 131 Å². The van der Waals surface area contributed by atoms with Gasteiger partial charge in [0.2, 0.25) is 0 Å². The number of aldehydes is 1. The number of aromatic nitrogens is 2. The molecular formula is C43H50N4O9. The zero-order valence-corrected chi connectivity index (χ0v) is 32.7. The zero-order chi connectivity index (χ0) is 39.8. The van der Waals surface area contributed by atoms with Crippen LogP contribution in [0.25, 0.3) is 21.8 Å². The fourth-order valence-corrected chi connectivity index (χ4v) is 7.03. The number of piperidine rings is 1. The molecule has 13 heteroatoms. The highest BCUT2D eigenvalue weighted by Gasteiger charge is 2.31. The van der Waals surface area contributed by atoms with Crippen molar-refractivity contribution in [3.8, 4) is 23.0 Å². The van der Waals surface area contributed by atoms with Gasteiger partial charge in [0.15, 0.2) is 11.5 Å². The molecule has 56 heavy (non-hydrogen) atoms. The third kappa shape index (κ3) is 9.69. The molecule has 2 aliphatic rings. The van der Waals surface area contributed by atoms with Gasteiger partial charge in [0.25, 0.3) is 11.1 Å². The maximum atomic E-state index is 13.3. The third-order valence-corrected chi connectivity index (χ3v) is 9.88. The molecule has 0 bridgehead atoms. The van der Waals surface area contributed by atoms with Crippen LogP contribution < -0.4 is 30.1 Å². The summed E-state index contributed by atoms with van der Waals surface area (Å²) < 4.78 is 30.9. The first-order valence-corrected chi connectivity index (χ1v) is 18.9. The number of pyridine rings is 2. The van der Waals surface area contributed by atoms with E-state index < -0.39 is 5.60 Å². The van der Waals surface area contributed by atoms with E-state index in [-0.39, 0.29) is 29.8 Å². The number of methoxy groups -OCH3 is 2. The van der Waals surface area contributed by atoms with Crippen molar-refractivity contribution in [1.29, 1.82) is 0 Å². The summed E-state index contributed by atoms with van der Waals surface area (Å²) in [6.07, 6.45) is 2.04. The fourth-order valence-electron chi connectivity index (χ4n) is 7.03. The molecule has 7 rings (SSSR count). The van der Waals surface area contributed by atoms with Crippen molar-refractivity contribution in [2.45, 2.75) is 64.9 Å². The molecule has 3 aromatic carbocycles. The molecule has 1 saturated heterocycles. The van der Waals surface area contributed by atoms with Crippen molar-refractivity contribution < 1.29 is 33.3 Å². The average Bonchev–Trinajstić information content (AvgIpc) is 3.20. The predicted molar refractivity (Wildman–Crippen MR) is 214 cm³/mol. The molecule has 0 saturated carbocycles. The molecule has 0 unspecified atom stereocenters. The Labute approximate surface area is 325 Å². The smallest absolute Gasteiger partial charge is 0.410 e. The summed E-state index contributed by atoms with van der Waals surface area (Å²) in [6, 6.07) is 23.8. The number of hydrogen-bond donors (Lipinski definition) is 0. The van der Waals surface area contributed by atoms with Gasteiger partial charge in [-0.15, -0.1) is 0 Å². The van der Waals surface area contributed by atoms with Gasteiger partial charge in [-0.2, -0.15) is 0 Å². The van der Waals surface area contributed by atoms with Crippen LogP contribution >= 0.6 is 0 Å². The second-order valence-corrected chi connectivity index (χ2v) is 14.8. The minimum absolute atomic E-state index is 0.0221. The highest BCUT2D eigenvalue weighted by molar-refractivity contribution is 5.81. The number of fused-ring (bicyclic) bond motifs is 3. The van der Waals surface area contributed by atoms with Crippen molar-refractivity contribution in [3.63, 3.8) is 0 Å². The summed E-state index contributed by atoms with van der Waals surface area (Å²) in [5.74, 6) is 2.84. The molecule has 0 atom stereocenters. The van der Waals surface area contributed by atoms with Gasteiger partial charge in [0, 0.05) is 63.0 Å². The first-order valence-electron chi connectivity index (χ1n) is 18.9. The van der Waals surface area contributed by atoms with Gasteiger partial charge in [-0.25, -0.2) is 4.79 Å². The van der Waals surface area contributed by atoms with E-state index in [1.807, 2.05) is 84.8 Å². The van der Waals surface area contributed by atoms with Gasteiger partial charge in [-0.05, 0) is 98.5 Å². The highest BCUT2D eigenvalue weighted by Crippen LogP contribution is 2.32. The molecule has 296 valence electrons. The Hall–Kier alpha value is -5.82. The van der Waals surface area contributed by atoms with Crippen LogP contribution in [0.4, 0.5) is 4.79 Å². The van der Waals surface area contributed by atoms with Crippen LogP contribution in [0, 0.1) is 0 Å². The number of nitrogens with zero attached hydrogens (tertiary/aromatic N) is 4. The van der Waals surface area contributed by atoms with Gasteiger partial charge in [0.1, 0.15) is 36.6 Å². The SMILES string of the molecule is COc1ccc2ccc(=O)n(CC=O)c2c1.COc1ccc2ccc(=O)n(CCN3CCC(N(Cc4ccc5c(c4)OCCO5)C(=O)OC(C)(C)C)CC3)c2c1. The quantitative estimate of drug-likeness (QED) is 0.159. The van der Waals surface area contributed by atoms with Crippen LogP contribution in [0.3, 0.4) is 0 Å². The minimum Gasteiger partial charge on any atom is -0.497 e. The van der Waals surface area contributed by atoms with E-state index in [0.29, 0.717) is 49.6 Å². The molecule has 2 aromatic heterocycles. The lowest BCUT2D eigenvalue weighted by Gasteiger charge is -2.39. The molecule has 0 N–H and O–H groups in total. The van der Waals surface area contributed by atoms with Crippen LogP contribution in [0.1, 0.15) is 39.2 Å². The van der Waals surface area contributed by atoms with Crippen LogP contribution in [-0.2, 0) is 29.2 Å². The summed E-state index contributed by atoms with van der Waals surface area (Å²) in [5.41, 5.74) is 1.76. The number of likely N-dealkylation sites (tertiary alicyclic amines) is 1. The number of amides is 1. The lowest BCUT2D eigenvalue weighted by molar-refractivity contribution is -0.108. The van der Waals surface area contributed by atoms with Crippen molar-refractivity contribution >= 4 is 34.2 Å². The number of hydrogen-bond acceptors (Lipinski definition) is 10. The van der Waals surface area contributed by atoms with Crippen LogP contribution in [0.15, 0.2) is 88.5 Å². The molecule has 13 nitrogen and oxygen atoms in total. The van der Waals surface area contributed by atoms with Crippen LogP contribution in [0.2, 0.25) is 0 Å². The molecule has 0 aliphatic carbocycles. The van der Waals surface area contributed by atoms with Crippen LogP contribution in [0.5, 0.6) is 23.0 Å². The Morgan fingerprint density at radius 2 is 1.34 bits per heavy atom. The molecule has 1 fully saturated rings. The normalized spacial score (nSPS) is 14.4. The van der Waals surface area contributed by atoms with Gasteiger partial charge in [0.05, 0.1) is 31.8 Å². The van der Waals surface area contributed by atoms with E-state index in [4.69, 9.17) is 23.7 Å². The largest absolute Gasteiger partial charge is 0.497 e. The minimum atomic E-state index is -0.586. The summed E-state index contributed by atoms with van der Waals surface area (Å²) >= 11 is 0. The number of rotatable bonds is 10. The Balaban J connectivity index is 0.000000277. The van der Waals surface area contributed by atoms with Gasteiger partial charge in [-0.1, -0.05) is 6.07 Å². The first-order chi connectivity index (χ1) is 27.0. The Kier molecular flexibility index (Phi) is 12.6. The summed E-state index contributed by atoms with van der Waals surface area (Å²) in [7, 11) is 3.19. The molecule has 1 amide bonds. The number of benzene rings is 3. The van der Waals surface area contributed by atoms with E-state index >= 15 is 0 Å². The molecule has 5 aromatic rings. The van der Waals surface area contributed by atoms with Gasteiger partial charge >= 0.3 is 6.09 Å². The maximum Gasteiger partial charge on any atom is 0.410 e. The third-order valence-electron chi connectivity index (χ3n) is 9.88. The van der Waals surface area contributed by atoms with Crippen LogP contribution in [-0.4, -0.2) is 90.0 Å². The molecule has 2 aliphatic heterocycles. The molecular weight excluding hydrogens is 716 g/mol. The second-order valence-electron chi connectivity index (χ2n) is 14.8. The monoisotopic (exact) mass is 766 g/mol. The van der Waals surface area contributed by atoms with E-state index in [9.17, 15) is 19.2 Å². The van der Waals surface area contributed by atoms with Crippen molar-refractivity contribution in [1.82, 2.24) is 18.9 Å². The maximum absolute atomic E-state index is 13.3. The number of carbonyl (C=O) groups excluding carboxylic acids is 2.